The fourth-order valence-corrected chi connectivity index (χ4v) is 3.49. The Hall–Kier alpha value is -2.49. The van der Waals surface area contributed by atoms with Gasteiger partial charge in [0.1, 0.15) is 11.3 Å². The molecule has 0 N–H and O–H groups in total. The first-order chi connectivity index (χ1) is 12.2. The van der Waals surface area contributed by atoms with Gasteiger partial charge in [0.2, 0.25) is 0 Å². The van der Waals surface area contributed by atoms with Gasteiger partial charge in [-0.05, 0) is 37.3 Å². The largest absolute Gasteiger partial charge is 0.424 e. The van der Waals surface area contributed by atoms with E-state index in [1.54, 1.807) is 12.3 Å². The Labute approximate surface area is 147 Å². The highest BCUT2D eigenvalue weighted by Gasteiger charge is 2.35. The molecule has 1 aliphatic rings. The smallest absolute Gasteiger partial charge is 0.311 e. The van der Waals surface area contributed by atoms with Crippen molar-refractivity contribution in [2.75, 3.05) is 0 Å². The molecule has 1 heterocycles. The average Bonchev–Trinajstić information content (AvgIpc) is 2.95. The Morgan fingerprint density at radius 3 is 2.96 bits per heavy atom. The van der Waals surface area contributed by atoms with Crippen molar-refractivity contribution >= 4 is 22.7 Å². The Morgan fingerprint density at radius 2 is 2.12 bits per heavy atom. The van der Waals surface area contributed by atoms with Gasteiger partial charge in [-0.25, -0.2) is 0 Å². The molecule has 25 heavy (non-hydrogen) atoms. The number of pyridine rings is 1. The van der Waals surface area contributed by atoms with Crippen LogP contribution in [0.15, 0.2) is 48.7 Å². The third kappa shape index (κ3) is 4.13. The molecule has 1 fully saturated rings. The van der Waals surface area contributed by atoms with Gasteiger partial charge in [-0.1, -0.05) is 37.3 Å². The van der Waals surface area contributed by atoms with E-state index in [4.69, 9.17) is 4.74 Å². The Morgan fingerprint density at radius 1 is 1.28 bits per heavy atom. The van der Waals surface area contributed by atoms with Crippen molar-refractivity contribution in [1.29, 1.82) is 0 Å². The minimum atomic E-state index is -0.290. The van der Waals surface area contributed by atoms with E-state index >= 15 is 0 Å². The number of carbonyl (C=O) groups excluding carboxylic acids is 2. The van der Waals surface area contributed by atoms with E-state index in [1.807, 2.05) is 24.3 Å². The molecule has 2 aromatic rings. The van der Waals surface area contributed by atoms with E-state index in [9.17, 15) is 9.59 Å². The number of hydrogen-bond donors (Lipinski definition) is 0. The van der Waals surface area contributed by atoms with Crippen LogP contribution in [-0.2, 0) is 9.59 Å². The van der Waals surface area contributed by atoms with Crippen molar-refractivity contribution in [3.05, 3.63) is 48.7 Å². The van der Waals surface area contributed by atoms with Gasteiger partial charge in [-0.15, -0.1) is 0 Å². The van der Waals surface area contributed by atoms with Crippen molar-refractivity contribution < 1.29 is 14.3 Å². The number of aromatic nitrogens is 1. The second-order valence-corrected chi connectivity index (χ2v) is 6.50. The molecule has 2 atom stereocenters. The Kier molecular flexibility index (Phi) is 5.59. The zero-order valence-electron chi connectivity index (χ0n) is 14.5. The lowest BCUT2D eigenvalue weighted by Crippen LogP contribution is -2.20. The van der Waals surface area contributed by atoms with Crippen molar-refractivity contribution in [1.82, 2.24) is 4.98 Å². The first kappa shape index (κ1) is 17.3. The molecule has 4 nitrogen and oxygen atoms in total. The van der Waals surface area contributed by atoms with E-state index in [-0.39, 0.29) is 30.0 Å². The molecule has 0 radical (unpaired) electrons. The van der Waals surface area contributed by atoms with E-state index in [0.29, 0.717) is 17.7 Å². The first-order valence-electron chi connectivity index (χ1n) is 8.91. The number of fused-ring (bicyclic) bond motifs is 1. The predicted molar refractivity (Wildman–Crippen MR) is 97.3 cm³/mol. The standard InChI is InChI=1S/C21H23NO3/c1-2-3-4-9-17-16(11-12-18(17)23)14-20(24)25-19-10-5-7-15-8-6-13-22-21(15)19/h3-8,10,13,16-17H,2,9,11-12,14H2,1H3/b4-3-/t16-,17+/m1/s1. The van der Waals surface area contributed by atoms with E-state index in [2.05, 4.69) is 24.1 Å². The number of para-hydroxylation sites is 1. The van der Waals surface area contributed by atoms with Crippen molar-refractivity contribution in [2.45, 2.75) is 39.0 Å². The molecular weight excluding hydrogens is 314 g/mol. The predicted octanol–water partition coefficient (Wildman–Crippen LogP) is 4.48. The van der Waals surface area contributed by atoms with Crippen LogP contribution in [0.25, 0.3) is 10.9 Å². The number of hydrogen-bond acceptors (Lipinski definition) is 4. The van der Waals surface area contributed by atoms with Gasteiger partial charge in [0.05, 0.1) is 0 Å². The minimum Gasteiger partial charge on any atom is -0.424 e. The Bertz CT molecular complexity index is 791. The molecule has 0 saturated heterocycles. The van der Waals surface area contributed by atoms with Crippen LogP contribution < -0.4 is 4.74 Å². The monoisotopic (exact) mass is 337 g/mol. The van der Waals surface area contributed by atoms with Gasteiger partial charge in [0.15, 0.2) is 5.75 Å². The summed E-state index contributed by atoms with van der Waals surface area (Å²) in [7, 11) is 0. The fourth-order valence-electron chi connectivity index (χ4n) is 3.49. The van der Waals surface area contributed by atoms with Crippen LogP contribution in [-0.4, -0.2) is 16.7 Å². The van der Waals surface area contributed by atoms with Crippen LogP contribution in [0.3, 0.4) is 0 Å². The highest BCUT2D eigenvalue weighted by Crippen LogP contribution is 2.34. The second-order valence-electron chi connectivity index (χ2n) is 6.50. The number of ketones is 1. The maximum atomic E-state index is 12.4. The molecule has 0 bridgehead atoms. The maximum Gasteiger partial charge on any atom is 0.311 e. The van der Waals surface area contributed by atoms with Crippen molar-refractivity contribution in [2.24, 2.45) is 11.8 Å². The lowest BCUT2D eigenvalue weighted by molar-refractivity contribution is -0.135. The lowest BCUT2D eigenvalue weighted by Gasteiger charge is -2.16. The number of Topliss-reactive ketones (excluding diaryl/α,β-unsaturated/α-hetero) is 1. The molecule has 3 rings (SSSR count). The van der Waals surface area contributed by atoms with Crippen LogP contribution in [0.5, 0.6) is 5.75 Å². The SMILES string of the molecule is CC/C=C\C[C@@H]1C(=O)CC[C@@H]1CC(=O)Oc1cccc2cccnc12. The summed E-state index contributed by atoms with van der Waals surface area (Å²) in [6.45, 7) is 2.07. The second kappa shape index (κ2) is 8.06. The third-order valence-electron chi connectivity index (χ3n) is 4.78. The van der Waals surface area contributed by atoms with Crippen LogP contribution in [0.4, 0.5) is 0 Å². The number of ether oxygens (including phenoxy) is 1. The molecule has 0 spiro atoms. The van der Waals surface area contributed by atoms with Crippen LogP contribution >= 0.6 is 0 Å². The normalized spacial score (nSPS) is 20.4. The highest BCUT2D eigenvalue weighted by atomic mass is 16.5. The molecule has 0 unspecified atom stereocenters. The van der Waals surface area contributed by atoms with Crippen molar-refractivity contribution in [3.63, 3.8) is 0 Å². The zero-order chi connectivity index (χ0) is 17.6. The van der Waals surface area contributed by atoms with E-state index in [0.717, 1.165) is 24.6 Å². The molecule has 1 saturated carbocycles. The number of benzene rings is 1. The van der Waals surface area contributed by atoms with E-state index < -0.39 is 0 Å². The topological polar surface area (TPSA) is 56.3 Å². The summed E-state index contributed by atoms with van der Waals surface area (Å²) in [6.07, 6.45) is 9.11. The summed E-state index contributed by atoms with van der Waals surface area (Å²) in [5.41, 5.74) is 0.684. The summed E-state index contributed by atoms with van der Waals surface area (Å²) in [6, 6.07) is 9.34. The van der Waals surface area contributed by atoms with Gasteiger partial charge < -0.3 is 4.74 Å². The number of carbonyl (C=O) groups is 2. The lowest BCUT2D eigenvalue weighted by atomic mass is 9.89. The van der Waals surface area contributed by atoms with Crippen LogP contribution in [0, 0.1) is 11.8 Å². The fraction of sp³-hybridized carbons (Fsp3) is 0.381. The maximum absolute atomic E-state index is 12.4. The number of allylic oxidation sites excluding steroid dienone is 2. The third-order valence-corrected chi connectivity index (χ3v) is 4.78. The average molecular weight is 337 g/mol. The number of nitrogens with zero attached hydrogens (tertiary/aromatic N) is 1. The molecule has 1 aromatic carbocycles. The summed E-state index contributed by atoms with van der Waals surface area (Å²) in [5.74, 6) is 0.480. The summed E-state index contributed by atoms with van der Waals surface area (Å²) < 4.78 is 5.57. The summed E-state index contributed by atoms with van der Waals surface area (Å²) in [5, 5.41) is 0.937. The van der Waals surface area contributed by atoms with Gasteiger partial charge in [-0.2, -0.15) is 0 Å². The quantitative estimate of drug-likeness (QED) is 0.443. The molecular formula is C21H23NO3. The number of rotatable bonds is 6. The van der Waals surface area contributed by atoms with Gasteiger partial charge in [-0.3, -0.25) is 14.6 Å². The van der Waals surface area contributed by atoms with Gasteiger partial charge in [0.25, 0.3) is 0 Å². The van der Waals surface area contributed by atoms with Gasteiger partial charge >= 0.3 is 5.97 Å². The highest BCUT2D eigenvalue weighted by molar-refractivity contribution is 5.88. The molecule has 1 aliphatic carbocycles. The van der Waals surface area contributed by atoms with Crippen molar-refractivity contribution in [3.8, 4) is 5.75 Å². The van der Waals surface area contributed by atoms with E-state index in [1.165, 1.54) is 0 Å². The molecule has 0 aliphatic heterocycles. The van der Waals surface area contributed by atoms with Crippen LogP contribution in [0.2, 0.25) is 0 Å². The molecule has 1 aromatic heterocycles. The summed E-state index contributed by atoms with van der Waals surface area (Å²) >= 11 is 0. The van der Waals surface area contributed by atoms with Crippen LogP contribution in [0.1, 0.15) is 39.0 Å². The molecule has 4 heteroatoms. The minimum absolute atomic E-state index is 0.0546. The number of esters is 1. The molecule has 0 amide bonds. The first-order valence-corrected chi connectivity index (χ1v) is 8.91. The Balaban J connectivity index is 1.67. The molecule has 130 valence electrons. The zero-order valence-corrected chi connectivity index (χ0v) is 14.5. The van der Waals surface area contributed by atoms with Gasteiger partial charge in [0, 0.05) is 30.3 Å². The summed E-state index contributed by atoms with van der Waals surface area (Å²) in [4.78, 5) is 28.8.